The zero-order valence-corrected chi connectivity index (χ0v) is 9.23. The Morgan fingerprint density at radius 1 is 1.47 bits per heavy atom. The Bertz CT molecular complexity index is 553. The SMILES string of the molecule is O[C@@H]1CCN(c2nc[c]c3cccc(F)c23)C1. The van der Waals surface area contributed by atoms with Gasteiger partial charge in [-0.1, -0.05) is 12.1 Å². The predicted molar refractivity (Wildman–Crippen MR) is 63.4 cm³/mol. The lowest BCUT2D eigenvalue weighted by Gasteiger charge is -2.18. The fraction of sp³-hybridized carbons (Fsp3) is 0.308. The second kappa shape index (κ2) is 3.96. The molecule has 0 amide bonds. The summed E-state index contributed by atoms with van der Waals surface area (Å²) in [7, 11) is 0. The number of benzene rings is 1. The van der Waals surface area contributed by atoms with Crippen LogP contribution in [0.1, 0.15) is 6.42 Å². The molecule has 1 radical (unpaired) electrons. The van der Waals surface area contributed by atoms with Crippen molar-refractivity contribution in [3.63, 3.8) is 0 Å². The van der Waals surface area contributed by atoms with Crippen molar-refractivity contribution in [2.75, 3.05) is 18.0 Å². The molecule has 17 heavy (non-hydrogen) atoms. The molecule has 1 fully saturated rings. The summed E-state index contributed by atoms with van der Waals surface area (Å²) >= 11 is 0. The van der Waals surface area contributed by atoms with Crippen LogP contribution in [0.25, 0.3) is 10.8 Å². The second-order valence-corrected chi connectivity index (χ2v) is 4.28. The number of anilines is 1. The second-order valence-electron chi connectivity index (χ2n) is 4.28. The van der Waals surface area contributed by atoms with E-state index in [-0.39, 0.29) is 11.9 Å². The van der Waals surface area contributed by atoms with Gasteiger partial charge in [-0.25, -0.2) is 9.37 Å². The standard InChI is InChI=1S/C13H12FN2O/c14-11-3-1-2-9-4-6-15-13(12(9)11)16-7-5-10(17)8-16/h1-3,6,10,17H,5,7-8H2/t10-/m1/s1. The number of halogens is 1. The maximum Gasteiger partial charge on any atom is 0.139 e. The molecule has 1 aliphatic heterocycles. The molecule has 1 aromatic heterocycles. The Hall–Kier alpha value is -1.68. The van der Waals surface area contributed by atoms with Crippen LogP contribution < -0.4 is 4.90 Å². The Kier molecular flexibility index (Phi) is 2.44. The van der Waals surface area contributed by atoms with Crippen LogP contribution in [0.5, 0.6) is 0 Å². The third-order valence-corrected chi connectivity index (χ3v) is 3.11. The van der Waals surface area contributed by atoms with Gasteiger partial charge in [0.2, 0.25) is 0 Å². The number of fused-ring (bicyclic) bond motifs is 1. The monoisotopic (exact) mass is 231 g/mol. The molecule has 1 aliphatic rings. The quantitative estimate of drug-likeness (QED) is 0.812. The molecule has 2 heterocycles. The number of hydrogen-bond acceptors (Lipinski definition) is 3. The number of aliphatic hydroxyl groups excluding tert-OH is 1. The lowest BCUT2D eigenvalue weighted by molar-refractivity contribution is 0.198. The molecule has 0 saturated carbocycles. The number of β-amino-alcohol motifs (C(OH)–C–C–N with tert-alkyl or cyclic N) is 1. The van der Waals surface area contributed by atoms with Crippen molar-refractivity contribution in [1.29, 1.82) is 0 Å². The molecule has 1 N–H and O–H groups in total. The number of rotatable bonds is 1. The van der Waals surface area contributed by atoms with Gasteiger partial charge in [0.15, 0.2) is 0 Å². The maximum absolute atomic E-state index is 13.8. The average molecular weight is 231 g/mol. The number of nitrogens with zero attached hydrogens (tertiary/aromatic N) is 2. The summed E-state index contributed by atoms with van der Waals surface area (Å²) in [6, 6.07) is 7.83. The van der Waals surface area contributed by atoms with Gasteiger partial charge < -0.3 is 10.0 Å². The van der Waals surface area contributed by atoms with Gasteiger partial charge in [0.25, 0.3) is 0 Å². The van der Waals surface area contributed by atoms with E-state index in [1.807, 2.05) is 11.0 Å². The minimum Gasteiger partial charge on any atom is -0.391 e. The van der Waals surface area contributed by atoms with Gasteiger partial charge >= 0.3 is 0 Å². The lowest BCUT2D eigenvalue weighted by atomic mass is 10.1. The van der Waals surface area contributed by atoms with Crippen LogP contribution >= 0.6 is 0 Å². The number of pyridine rings is 1. The van der Waals surface area contributed by atoms with Crippen LogP contribution in [0.2, 0.25) is 0 Å². The van der Waals surface area contributed by atoms with Crippen LogP contribution in [-0.4, -0.2) is 29.3 Å². The Labute approximate surface area is 98.5 Å². The molecule has 3 rings (SSSR count). The van der Waals surface area contributed by atoms with Gasteiger partial charge in [-0.05, 0) is 17.9 Å². The smallest absolute Gasteiger partial charge is 0.139 e. The van der Waals surface area contributed by atoms with Crippen molar-refractivity contribution in [2.24, 2.45) is 0 Å². The van der Waals surface area contributed by atoms with E-state index in [4.69, 9.17) is 0 Å². The van der Waals surface area contributed by atoms with Crippen molar-refractivity contribution in [2.45, 2.75) is 12.5 Å². The topological polar surface area (TPSA) is 36.4 Å². The van der Waals surface area contributed by atoms with Crippen molar-refractivity contribution < 1.29 is 9.50 Å². The zero-order valence-electron chi connectivity index (χ0n) is 9.23. The molecule has 2 aromatic rings. The Morgan fingerprint density at radius 2 is 2.35 bits per heavy atom. The first-order valence-corrected chi connectivity index (χ1v) is 5.63. The molecule has 4 heteroatoms. The van der Waals surface area contributed by atoms with E-state index in [1.54, 1.807) is 12.3 Å². The number of hydrogen-bond donors (Lipinski definition) is 1. The summed E-state index contributed by atoms with van der Waals surface area (Å²) < 4.78 is 13.8. The van der Waals surface area contributed by atoms with E-state index >= 15 is 0 Å². The van der Waals surface area contributed by atoms with Crippen molar-refractivity contribution in [1.82, 2.24) is 4.98 Å². The van der Waals surface area contributed by atoms with Crippen LogP contribution in [0.3, 0.4) is 0 Å². The van der Waals surface area contributed by atoms with Crippen LogP contribution in [0.4, 0.5) is 10.2 Å². The highest BCUT2D eigenvalue weighted by Gasteiger charge is 2.23. The van der Waals surface area contributed by atoms with Crippen molar-refractivity contribution in [3.05, 3.63) is 36.3 Å². The van der Waals surface area contributed by atoms with Crippen molar-refractivity contribution in [3.8, 4) is 0 Å². The highest BCUT2D eigenvalue weighted by Crippen LogP contribution is 2.28. The largest absolute Gasteiger partial charge is 0.391 e. The maximum atomic E-state index is 13.8. The first-order chi connectivity index (χ1) is 8.25. The summed E-state index contributed by atoms with van der Waals surface area (Å²) in [6.07, 6.45) is 1.92. The molecule has 0 aliphatic carbocycles. The van der Waals surface area contributed by atoms with Gasteiger partial charge in [0, 0.05) is 25.4 Å². The third kappa shape index (κ3) is 1.74. The van der Waals surface area contributed by atoms with Gasteiger partial charge in [0.1, 0.15) is 11.6 Å². The predicted octanol–water partition coefficient (Wildman–Crippen LogP) is 1.75. The van der Waals surface area contributed by atoms with Crippen molar-refractivity contribution >= 4 is 16.6 Å². The van der Waals surface area contributed by atoms with Gasteiger partial charge in [-0.15, -0.1) is 0 Å². The van der Waals surface area contributed by atoms with Gasteiger partial charge in [-0.2, -0.15) is 0 Å². The minimum atomic E-state index is -0.345. The Balaban J connectivity index is 2.16. The highest BCUT2D eigenvalue weighted by molar-refractivity contribution is 5.92. The van der Waals surface area contributed by atoms with E-state index in [0.717, 1.165) is 5.39 Å². The molecule has 1 atom stereocenters. The summed E-state index contributed by atoms with van der Waals surface area (Å²) in [6.45, 7) is 1.22. The molecule has 0 spiro atoms. The van der Waals surface area contributed by atoms with Crippen LogP contribution in [0, 0.1) is 11.9 Å². The number of aliphatic hydroxyl groups is 1. The van der Waals surface area contributed by atoms with E-state index in [2.05, 4.69) is 11.1 Å². The fourth-order valence-electron chi connectivity index (χ4n) is 2.27. The molecule has 87 valence electrons. The fourth-order valence-corrected chi connectivity index (χ4v) is 2.27. The molecule has 0 bridgehead atoms. The highest BCUT2D eigenvalue weighted by atomic mass is 19.1. The summed E-state index contributed by atoms with van der Waals surface area (Å²) in [5.74, 6) is 0.316. The summed E-state index contributed by atoms with van der Waals surface area (Å²) in [5, 5.41) is 10.7. The third-order valence-electron chi connectivity index (χ3n) is 3.11. The molecule has 3 nitrogen and oxygen atoms in total. The van der Waals surface area contributed by atoms with E-state index < -0.39 is 0 Å². The van der Waals surface area contributed by atoms with Gasteiger partial charge in [-0.3, -0.25) is 0 Å². The molecule has 1 saturated heterocycles. The van der Waals surface area contributed by atoms with Crippen LogP contribution in [-0.2, 0) is 0 Å². The molecule has 1 aromatic carbocycles. The first kappa shape index (κ1) is 10.5. The zero-order chi connectivity index (χ0) is 11.8. The Morgan fingerprint density at radius 3 is 3.12 bits per heavy atom. The minimum absolute atomic E-state index is 0.289. The first-order valence-electron chi connectivity index (χ1n) is 5.63. The summed E-state index contributed by atoms with van der Waals surface area (Å²) in [4.78, 5) is 6.12. The normalized spacial score (nSPS) is 20.1. The van der Waals surface area contributed by atoms with Crippen LogP contribution in [0.15, 0.2) is 24.4 Å². The molecular weight excluding hydrogens is 219 g/mol. The van der Waals surface area contributed by atoms with Gasteiger partial charge in [0.05, 0.1) is 11.5 Å². The number of aromatic nitrogens is 1. The molecular formula is C13H12FN2O. The molecule has 0 unspecified atom stereocenters. The lowest BCUT2D eigenvalue weighted by Crippen LogP contribution is -2.22. The van der Waals surface area contributed by atoms with E-state index in [9.17, 15) is 9.50 Å². The van der Waals surface area contributed by atoms with E-state index in [0.29, 0.717) is 30.7 Å². The average Bonchev–Trinajstić information content (AvgIpc) is 2.75. The van der Waals surface area contributed by atoms with E-state index in [1.165, 1.54) is 6.07 Å². The summed E-state index contributed by atoms with van der Waals surface area (Å²) in [5.41, 5.74) is 0.